The summed E-state index contributed by atoms with van der Waals surface area (Å²) in [6, 6.07) is 6.34. The van der Waals surface area contributed by atoms with Crippen molar-refractivity contribution in [2.75, 3.05) is 19.1 Å². The molecule has 0 aliphatic rings. The number of ether oxygens (including phenoxy) is 2. The molecule has 0 bridgehead atoms. The second-order valence-electron chi connectivity index (χ2n) is 5.95. The first-order valence-corrected chi connectivity index (χ1v) is 12.1. The van der Waals surface area contributed by atoms with Crippen LogP contribution in [0.1, 0.15) is 19.4 Å². The summed E-state index contributed by atoms with van der Waals surface area (Å²) in [7, 11) is 0. The number of alkyl halides is 3. The molecule has 0 N–H and O–H groups in total. The molecule has 0 fully saturated rings. The molecule has 0 aromatic heterocycles. The minimum absolute atomic E-state index is 0.0159. The molecule has 30 heavy (non-hydrogen) atoms. The van der Waals surface area contributed by atoms with Crippen LogP contribution >= 0.6 is 17.9 Å². The number of hydrogen-bond donors (Lipinski definition) is 0. The van der Waals surface area contributed by atoms with Crippen LogP contribution in [0.25, 0.3) is 0 Å². The van der Waals surface area contributed by atoms with Gasteiger partial charge in [-0.15, -0.1) is 0 Å². The highest BCUT2D eigenvalue weighted by atomic mass is 35.5. The van der Waals surface area contributed by atoms with Crippen molar-refractivity contribution < 1.29 is 32.1 Å². The van der Waals surface area contributed by atoms with Gasteiger partial charge in [0.2, 0.25) is 5.75 Å². The van der Waals surface area contributed by atoms with Crippen molar-refractivity contribution in [2.45, 2.75) is 20.0 Å². The zero-order chi connectivity index (χ0) is 22.5. The second-order valence-corrected chi connectivity index (χ2v) is 11.1. The Hall–Kier alpha value is -1.87. The van der Waals surface area contributed by atoms with Crippen molar-refractivity contribution in [1.82, 2.24) is 0 Å². The number of halogens is 4. The lowest BCUT2D eigenvalue weighted by Crippen LogP contribution is -2.06. The van der Waals surface area contributed by atoms with E-state index in [9.17, 15) is 23.3 Å². The van der Waals surface area contributed by atoms with E-state index in [4.69, 9.17) is 37.4 Å². The van der Waals surface area contributed by atoms with Crippen molar-refractivity contribution in [2.24, 2.45) is 0 Å². The van der Waals surface area contributed by atoms with E-state index in [0.29, 0.717) is 12.8 Å². The van der Waals surface area contributed by atoms with Gasteiger partial charge in [-0.25, -0.2) is 0 Å². The maximum Gasteiger partial charge on any atom is 0.416 e. The van der Waals surface area contributed by atoms with E-state index in [2.05, 4.69) is 0 Å². The minimum atomic E-state index is -4.55. The van der Waals surface area contributed by atoms with E-state index in [1.807, 2.05) is 6.92 Å². The Morgan fingerprint density at radius 3 is 2.40 bits per heavy atom. The Kier molecular flexibility index (Phi) is 8.10. The lowest BCUT2D eigenvalue weighted by molar-refractivity contribution is -0.385. The molecule has 1 atom stereocenters. The van der Waals surface area contributed by atoms with Crippen molar-refractivity contribution >= 4 is 35.4 Å². The summed E-state index contributed by atoms with van der Waals surface area (Å²) in [5, 5.41) is 11.0. The summed E-state index contributed by atoms with van der Waals surface area (Å²) >= 11 is 11.4. The summed E-state index contributed by atoms with van der Waals surface area (Å²) in [6.07, 6.45) is -6.33. The van der Waals surface area contributed by atoms with Crippen LogP contribution in [0.3, 0.4) is 0 Å². The zero-order valence-corrected chi connectivity index (χ0v) is 18.4. The van der Waals surface area contributed by atoms with Gasteiger partial charge in [-0.2, -0.15) is 13.2 Å². The normalized spacial score (nSPS) is 13.5. The molecule has 0 radical (unpaired) electrons. The van der Waals surface area contributed by atoms with E-state index in [-0.39, 0.29) is 34.3 Å². The lowest BCUT2D eigenvalue weighted by atomic mass is 10.2. The Bertz CT molecular complexity index is 973. The third-order valence-corrected chi connectivity index (χ3v) is 7.80. The van der Waals surface area contributed by atoms with Crippen LogP contribution in [0.4, 0.5) is 18.9 Å². The van der Waals surface area contributed by atoms with Gasteiger partial charge in [-0.1, -0.05) is 30.3 Å². The zero-order valence-electron chi connectivity index (χ0n) is 15.9. The van der Waals surface area contributed by atoms with Gasteiger partial charge < -0.3 is 14.0 Å². The summed E-state index contributed by atoms with van der Waals surface area (Å²) in [5.74, 6) is -0.0427. The molecule has 2 aromatic carbocycles. The standard InChI is InChI=1S/C18H18ClF3NO5PS/c1-3-27-29(30,4-2)11-26-17-10-13(6-7-15(17)23(24)25)28-16-8-5-12(9-14(16)19)18(20,21)22/h5-10H,3-4,11H2,1-2H3. The molecule has 0 heterocycles. The quantitative estimate of drug-likeness (QED) is 0.221. The van der Waals surface area contributed by atoms with Crippen LogP contribution < -0.4 is 9.47 Å². The molecule has 2 aromatic rings. The average molecular weight is 484 g/mol. The van der Waals surface area contributed by atoms with Gasteiger partial charge >= 0.3 is 11.9 Å². The Morgan fingerprint density at radius 2 is 1.87 bits per heavy atom. The molecule has 0 aliphatic carbocycles. The molecule has 0 aliphatic heterocycles. The monoisotopic (exact) mass is 483 g/mol. The second kappa shape index (κ2) is 9.96. The Morgan fingerprint density at radius 1 is 1.17 bits per heavy atom. The van der Waals surface area contributed by atoms with Gasteiger partial charge in [0.15, 0.2) is 0 Å². The molecule has 0 saturated carbocycles. The molecule has 164 valence electrons. The highest BCUT2D eigenvalue weighted by Gasteiger charge is 2.31. The predicted molar refractivity (Wildman–Crippen MR) is 112 cm³/mol. The van der Waals surface area contributed by atoms with E-state index < -0.39 is 22.9 Å². The van der Waals surface area contributed by atoms with Crippen LogP contribution in [0, 0.1) is 10.1 Å². The van der Waals surface area contributed by atoms with Gasteiger partial charge in [0.25, 0.3) is 0 Å². The SMILES string of the molecule is CCOP(=S)(CC)COc1cc(Oc2ccc(C(F)(F)F)cc2Cl)ccc1[N+](=O)[O-]. The largest absolute Gasteiger partial charge is 0.479 e. The van der Waals surface area contributed by atoms with Gasteiger partial charge in [-0.3, -0.25) is 10.1 Å². The maximum atomic E-state index is 12.8. The van der Waals surface area contributed by atoms with Crippen LogP contribution in [0.5, 0.6) is 17.2 Å². The fourth-order valence-electron chi connectivity index (χ4n) is 2.33. The number of rotatable bonds is 9. The molecule has 2 rings (SSSR count). The molecular formula is C18H18ClF3NO5PS. The summed E-state index contributed by atoms with van der Waals surface area (Å²) in [4.78, 5) is 10.7. The van der Waals surface area contributed by atoms with Crippen molar-refractivity contribution in [3.63, 3.8) is 0 Å². The topological polar surface area (TPSA) is 70.8 Å². The fourth-order valence-corrected chi connectivity index (χ4v) is 4.27. The Labute approximate surface area is 181 Å². The van der Waals surface area contributed by atoms with Crippen LogP contribution in [-0.4, -0.2) is 24.0 Å². The first-order chi connectivity index (χ1) is 14.0. The number of nitro benzene ring substituents is 1. The predicted octanol–water partition coefficient (Wildman–Crippen LogP) is 6.85. The number of benzene rings is 2. The van der Waals surface area contributed by atoms with Gasteiger partial charge in [0.05, 0.1) is 15.5 Å². The molecular weight excluding hydrogens is 466 g/mol. The highest BCUT2D eigenvalue weighted by Crippen LogP contribution is 2.48. The van der Waals surface area contributed by atoms with Crippen molar-refractivity contribution in [1.29, 1.82) is 0 Å². The van der Waals surface area contributed by atoms with Crippen LogP contribution in [-0.2, 0) is 22.5 Å². The van der Waals surface area contributed by atoms with E-state index in [0.717, 1.165) is 18.2 Å². The lowest BCUT2D eigenvalue weighted by Gasteiger charge is -2.20. The van der Waals surface area contributed by atoms with Crippen molar-refractivity contribution in [3.8, 4) is 17.2 Å². The van der Waals surface area contributed by atoms with Gasteiger partial charge in [-0.05, 0) is 37.4 Å². The minimum Gasteiger partial charge on any atom is -0.479 e. The number of nitro groups is 1. The third-order valence-electron chi connectivity index (χ3n) is 3.88. The van der Waals surface area contributed by atoms with E-state index in [1.165, 1.54) is 18.2 Å². The van der Waals surface area contributed by atoms with Crippen LogP contribution in [0.15, 0.2) is 36.4 Å². The molecule has 1 unspecified atom stereocenters. The van der Waals surface area contributed by atoms with Gasteiger partial charge in [0, 0.05) is 18.7 Å². The first kappa shape index (κ1) is 24.4. The molecule has 0 spiro atoms. The van der Waals surface area contributed by atoms with E-state index in [1.54, 1.807) is 6.92 Å². The fraction of sp³-hybridized carbons (Fsp3) is 0.333. The van der Waals surface area contributed by atoms with E-state index >= 15 is 0 Å². The number of hydrogen-bond acceptors (Lipinski definition) is 6. The van der Waals surface area contributed by atoms with Crippen molar-refractivity contribution in [3.05, 3.63) is 57.1 Å². The number of nitrogens with zero attached hydrogens (tertiary/aromatic N) is 1. The molecule has 0 amide bonds. The smallest absolute Gasteiger partial charge is 0.416 e. The molecule has 6 nitrogen and oxygen atoms in total. The Balaban J connectivity index is 2.29. The van der Waals surface area contributed by atoms with Crippen LogP contribution in [0.2, 0.25) is 5.02 Å². The highest BCUT2D eigenvalue weighted by molar-refractivity contribution is 8.12. The molecule has 12 heteroatoms. The summed E-state index contributed by atoms with van der Waals surface area (Å²) < 4.78 is 55.0. The summed E-state index contributed by atoms with van der Waals surface area (Å²) in [6.45, 7) is 4.04. The summed E-state index contributed by atoms with van der Waals surface area (Å²) in [5.41, 5.74) is -1.23. The molecule has 0 saturated heterocycles. The third kappa shape index (κ3) is 6.31. The maximum absolute atomic E-state index is 12.8. The first-order valence-electron chi connectivity index (χ1n) is 8.67. The van der Waals surface area contributed by atoms with Gasteiger partial charge in [0.1, 0.15) is 24.1 Å². The average Bonchev–Trinajstić information content (AvgIpc) is 2.67.